The Bertz CT molecular complexity index is 117. The summed E-state index contributed by atoms with van der Waals surface area (Å²) in [6.45, 7) is 0.741. The Morgan fingerprint density at radius 1 is 1.08 bits per heavy atom. The van der Waals surface area contributed by atoms with Crippen molar-refractivity contribution in [1.29, 1.82) is 0 Å². The molecule has 6 nitrogen and oxygen atoms in total. The Balaban J connectivity index is 3.90. The molecule has 0 bridgehead atoms. The van der Waals surface area contributed by atoms with Crippen LogP contribution in [0.25, 0.3) is 0 Å². The average Bonchev–Trinajstić information content (AvgIpc) is 2.02. The fraction of sp³-hybridized carbons (Fsp3) is 1.00. The molecule has 0 rings (SSSR count). The van der Waals surface area contributed by atoms with Crippen LogP contribution in [0.1, 0.15) is 6.92 Å². The third kappa shape index (κ3) is 3.44. The summed E-state index contributed by atoms with van der Waals surface area (Å²) in [4.78, 5) is 3.55. The van der Waals surface area contributed by atoms with Crippen LogP contribution in [0.5, 0.6) is 0 Å². The molecule has 0 fully saturated rings. The summed E-state index contributed by atoms with van der Waals surface area (Å²) >= 11 is 0. The number of aliphatic hydroxyl groups is 4. The molecular formula is C6H14O6. The van der Waals surface area contributed by atoms with Crippen molar-refractivity contribution in [1.82, 2.24) is 0 Å². The summed E-state index contributed by atoms with van der Waals surface area (Å²) in [6.07, 6.45) is -5.60. The molecule has 0 saturated heterocycles. The Hall–Kier alpha value is -0.240. The second-order valence-electron chi connectivity index (χ2n) is 2.58. The summed E-state index contributed by atoms with van der Waals surface area (Å²) < 4.78 is 0. The molecule has 0 aliphatic rings. The van der Waals surface area contributed by atoms with Gasteiger partial charge < -0.3 is 20.4 Å². The first kappa shape index (κ1) is 11.8. The lowest BCUT2D eigenvalue weighted by Crippen LogP contribution is -2.45. The van der Waals surface area contributed by atoms with E-state index < -0.39 is 31.0 Å². The second-order valence-corrected chi connectivity index (χ2v) is 2.58. The molecule has 0 aliphatic carbocycles. The molecule has 4 atom stereocenters. The van der Waals surface area contributed by atoms with Crippen molar-refractivity contribution in [2.75, 3.05) is 6.61 Å². The van der Waals surface area contributed by atoms with Crippen LogP contribution in [0, 0.1) is 0 Å². The van der Waals surface area contributed by atoms with Crippen molar-refractivity contribution in [3.05, 3.63) is 0 Å². The maximum Gasteiger partial charge on any atom is 0.111 e. The van der Waals surface area contributed by atoms with Crippen molar-refractivity contribution in [2.45, 2.75) is 31.3 Å². The zero-order valence-electron chi connectivity index (χ0n) is 6.66. The monoisotopic (exact) mass is 182 g/mol. The SMILES string of the molecule is C[C@@H](O)[C@@H](O)[C@H](O)[C@H](O)COO. The van der Waals surface area contributed by atoms with E-state index in [2.05, 4.69) is 4.89 Å². The van der Waals surface area contributed by atoms with Gasteiger partial charge >= 0.3 is 0 Å². The van der Waals surface area contributed by atoms with Crippen LogP contribution in [0.3, 0.4) is 0 Å². The number of aliphatic hydroxyl groups excluding tert-OH is 4. The molecule has 0 aromatic heterocycles. The van der Waals surface area contributed by atoms with Gasteiger partial charge in [0.15, 0.2) is 0 Å². The zero-order chi connectivity index (χ0) is 9.72. The molecule has 74 valence electrons. The molecule has 5 N–H and O–H groups in total. The van der Waals surface area contributed by atoms with E-state index in [1.54, 1.807) is 0 Å². The van der Waals surface area contributed by atoms with Crippen LogP contribution in [0.15, 0.2) is 0 Å². The van der Waals surface area contributed by atoms with Crippen LogP contribution in [0.4, 0.5) is 0 Å². The van der Waals surface area contributed by atoms with Gasteiger partial charge in [-0.15, -0.1) is 0 Å². The lowest BCUT2D eigenvalue weighted by molar-refractivity contribution is -0.267. The van der Waals surface area contributed by atoms with Gasteiger partial charge in [0.25, 0.3) is 0 Å². The third-order valence-corrected chi connectivity index (χ3v) is 1.48. The molecule has 0 radical (unpaired) electrons. The van der Waals surface area contributed by atoms with E-state index >= 15 is 0 Å². The van der Waals surface area contributed by atoms with Gasteiger partial charge in [0, 0.05) is 0 Å². The summed E-state index contributed by atoms with van der Waals surface area (Å²) in [7, 11) is 0. The number of hydrogen-bond acceptors (Lipinski definition) is 6. The van der Waals surface area contributed by atoms with Crippen molar-refractivity contribution < 1.29 is 30.6 Å². The van der Waals surface area contributed by atoms with Crippen molar-refractivity contribution in [2.24, 2.45) is 0 Å². The highest BCUT2D eigenvalue weighted by Crippen LogP contribution is 2.04. The third-order valence-electron chi connectivity index (χ3n) is 1.48. The van der Waals surface area contributed by atoms with E-state index in [0.717, 1.165) is 0 Å². The van der Waals surface area contributed by atoms with Crippen molar-refractivity contribution >= 4 is 0 Å². The Labute approximate surface area is 69.6 Å². The molecule has 0 aromatic rings. The molecule has 0 aliphatic heterocycles. The Morgan fingerprint density at radius 2 is 1.58 bits per heavy atom. The predicted molar refractivity (Wildman–Crippen MR) is 38.3 cm³/mol. The number of hydrogen-bond donors (Lipinski definition) is 5. The number of rotatable bonds is 5. The summed E-state index contributed by atoms with van der Waals surface area (Å²) in [5.74, 6) is 0. The highest BCUT2D eigenvalue weighted by atomic mass is 17.1. The Kier molecular flexibility index (Phi) is 5.31. The highest BCUT2D eigenvalue weighted by molar-refractivity contribution is 4.78. The molecule has 0 unspecified atom stereocenters. The first-order chi connectivity index (χ1) is 5.50. The molecular weight excluding hydrogens is 168 g/mol. The highest BCUT2D eigenvalue weighted by Gasteiger charge is 2.28. The fourth-order valence-corrected chi connectivity index (χ4v) is 0.688. The van der Waals surface area contributed by atoms with Gasteiger partial charge in [0.05, 0.1) is 6.10 Å². The lowest BCUT2D eigenvalue weighted by atomic mass is 10.0. The predicted octanol–water partition coefficient (Wildman–Crippen LogP) is -2.06. The van der Waals surface area contributed by atoms with Gasteiger partial charge in [0.2, 0.25) is 0 Å². The molecule has 6 heteroatoms. The van der Waals surface area contributed by atoms with E-state index in [0.29, 0.717) is 0 Å². The van der Waals surface area contributed by atoms with Gasteiger partial charge in [-0.2, -0.15) is 0 Å². The first-order valence-electron chi connectivity index (χ1n) is 3.49. The van der Waals surface area contributed by atoms with E-state index in [4.69, 9.17) is 25.7 Å². The minimum Gasteiger partial charge on any atom is -0.391 e. The van der Waals surface area contributed by atoms with Gasteiger partial charge in [-0.25, -0.2) is 4.89 Å². The van der Waals surface area contributed by atoms with Gasteiger partial charge in [-0.05, 0) is 6.92 Å². The van der Waals surface area contributed by atoms with Gasteiger partial charge in [-0.1, -0.05) is 0 Å². The van der Waals surface area contributed by atoms with E-state index in [1.807, 2.05) is 0 Å². The molecule has 0 saturated carbocycles. The molecule has 0 spiro atoms. The van der Waals surface area contributed by atoms with Crippen LogP contribution in [0.2, 0.25) is 0 Å². The molecule has 12 heavy (non-hydrogen) atoms. The molecule has 0 aromatic carbocycles. The zero-order valence-corrected chi connectivity index (χ0v) is 6.66. The van der Waals surface area contributed by atoms with E-state index in [-0.39, 0.29) is 0 Å². The summed E-state index contributed by atoms with van der Waals surface area (Å²) in [5, 5.41) is 43.6. The molecule has 0 amide bonds. The second kappa shape index (κ2) is 5.41. The standard InChI is InChI=1S/C6H14O6/c1-3(7)5(9)6(10)4(8)2-12-11/h3-11H,2H2,1H3/t3-,4-,5-,6-/m1/s1. The topological polar surface area (TPSA) is 110 Å². The van der Waals surface area contributed by atoms with E-state index in [9.17, 15) is 0 Å². The fourth-order valence-electron chi connectivity index (χ4n) is 0.688. The van der Waals surface area contributed by atoms with Gasteiger partial charge in [0.1, 0.15) is 24.9 Å². The average molecular weight is 182 g/mol. The normalized spacial score (nSPS) is 21.5. The van der Waals surface area contributed by atoms with Crippen molar-refractivity contribution in [3.8, 4) is 0 Å². The quantitative estimate of drug-likeness (QED) is 0.247. The maximum absolute atomic E-state index is 9.04. The Morgan fingerprint density at radius 3 is 1.92 bits per heavy atom. The maximum atomic E-state index is 9.04. The smallest absolute Gasteiger partial charge is 0.111 e. The molecule has 0 heterocycles. The van der Waals surface area contributed by atoms with Gasteiger partial charge in [-0.3, -0.25) is 5.26 Å². The first-order valence-corrected chi connectivity index (χ1v) is 3.49. The largest absolute Gasteiger partial charge is 0.391 e. The van der Waals surface area contributed by atoms with Crippen LogP contribution >= 0.6 is 0 Å². The minimum absolute atomic E-state index is 0.523. The summed E-state index contributed by atoms with van der Waals surface area (Å²) in [5.41, 5.74) is 0. The summed E-state index contributed by atoms with van der Waals surface area (Å²) in [6, 6.07) is 0. The lowest BCUT2D eigenvalue weighted by Gasteiger charge is -2.23. The minimum atomic E-state index is -1.54. The van der Waals surface area contributed by atoms with Crippen LogP contribution < -0.4 is 0 Å². The van der Waals surface area contributed by atoms with Crippen LogP contribution in [-0.2, 0) is 4.89 Å². The van der Waals surface area contributed by atoms with Crippen LogP contribution in [-0.4, -0.2) is 56.7 Å². The van der Waals surface area contributed by atoms with E-state index in [1.165, 1.54) is 6.92 Å². The van der Waals surface area contributed by atoms with Crippen molar-refractivity contribution in [3.63, 3.8) is 0 Å².